The number of carbonyl (C=O) groups is 1. The molecule has 0 radical (unpaired) electrons. The van der Waals surface area contributed by atoms with Crippen molar-refractivity contribution in [3.8, 4) is 11.5 Å². The number of hydrogen-bond donors (Lipinski definition) is 1. The van der Waals surface area contributed by atoms with E-state index in [9.17, 15) is 4.79 Å². The summed E-state index contributed by atoms with van der Waals surface area (Å²) in [7, 11) is 3.23. The van der Waals surface area contributed by atoms with Crippen LogP contribution in [0.25, 0.3) is 10.8 Å². The minimum atomic E-state index is -0.0972. The third-order valence-electron chi connectivity index (χ3n) is 4.85. The number of carbonyl (C=O) groups excluding carboxylic acids is 1. The number of amides is 2. The van der Waals surface area contributed by atoms with E-state index in [0.717, 1.165) is 27.8 Å². The fraction of sp³-hybridized carbons (Fsp3) is 0.227. The van der Waals surface area contributed by atoms with Crippen LogP contribution in [0.2, 0.25) is 0 Å². The van der Waals surface area contributed by atoms with Crippen molar-refractivity contribution >= 4 is 34.3 Å². The Morgan fingerprint density at radius 2 is 1.79 bits per heavy atom. The summed E-state index contributed by atoms with van der Waals surface area (Å²) in [4.78, 5) is 14.8. The number of urea groups is 1. The number of hydrogen-bond acceptors (Lipinski definition) is 4. The fourth-order valence-corrected chi connectivity index (χ4v) is 4.67. The van der Waals surface area contributed by atoms with Gasteiger partial charge in [-0.15, -0.1) is 11.8 Å². The van der Waals surface area contributed by atoms with Crippen molar-refractivity contribution in [1.29, 1.82) is 0 Å². The van der Waals surface area contributed by atoms with Crippen molar-refractivity contribution in [1.82, 2.24) is 4.90 Å². The van der Waals surface area contributed by atoms with Crippen LogP contribution >= 0.6 is 11.8 Å². The van der Waals surface area contributed by atoms with Crippen LogP contribution in [0.1, 0.15) is 10.9 Å². The van der Waals surface area contributed by atoms with Gasteiger partial charge in [-0.3, -0.25) is 0 Å². The van der Waals surface area contributed by atoms with Gasteiger partial charge in [-0.2, -0.15) is 0 Å². The summed E-state index contributed by atoms with van der Waals surface area (Å²) in [6, 6.07) is 19.8. The van der Waals surface area contributed by atoms with E-state index in [-0.39, 0.29) is 11.4 Å². The molecule has 4 rings (SSSR count). The van der Waals surface area contributed by atoms with Crippen LogP contribution in [0.15, 0.2) is 60.7 Å². The molecule has 3 aromatic rings. The van der Waals surface area contributed by atoms with Gasteiger partial charge < -0.3 is 19.7 Å². The third kappa shape index (κ3) is 3.60. The second-order valence-corrected chi connectivity index (χ2v) is 7.71. The van der Waals surface area contributed by atoms with Crippen LogP contribution in [-0.4, -0.2) is 37.4 Å². The van der Waals surface area contributed by atoms with E-state index in [1.807, 2.05) is 59.5 Å². The highest BCUT2D eigenvalue weighted by Crippen LogP contribution is 2.41. The predicted octanol–water partition coefficient (Wildman–Crippen LogP) is 5.14. The lowest BCUT2D eigenvalue weighted by Crippen LogP contribution is -2.34. The number of thioether (sulfide) groups is 1. The highest BCUT2D eigenvalue weighted by Gasteiger charge is 2.31. The number of fused-ring (bicyclic) bond motifs is 1. The van der Waals surface area contributed by atoms with Crippen LogP contribution in [0.4, 0.5) is 10.5 Å². The first kappa shape index (κ1) is 18.5. The average molecular weight is 394 g/mol. The van der Waals surface area contributed by atoms with E-state index in [4.69, 9.17) is 9.47 Å². The molecule has 1 N–H and O–H groups in total. The summed E-state index contributed by atoms with van der Waals surface area (Å²) in [5.41, 5.74) is 1.82. The molecule has 28 heavy (non-hydrogen) atoms. The molecule has 0 aromatic heterocycles. The van der Waals surface area contributed by atoms with E-state index >= 15 is 0 Å². The molecule has 5 nitrogen and oxygen atoms in total. The van der Waals surface area contributed by atoms with Crippen molar-refractivity contribution < 1.29 is 14.3 Å². The Hall–Kier alpha value is -2.86. The molecule has 1 saturated heterocycles. The van der Waals surface area contributed by atoms with E-state index in [2.05, 4.69) is 11.4 Å². The predicted molar refractivity (Wildman–Crippen MR) is 114 cm³/mol. The van der Waals surface area contributed by atoms with Crippen LogP contribution in [0.5, 0.6) is 11.5 Å². The number of rotatable bonds is 4. The largest absolute Gasteiger partial charge is 0.493 e. The number of methoxy groups -OCH3 is 2. The van der Waals surface area contributed by atoms with Gasteiger partial charge in [-0.05, 0) is 40.6 Å². The normalized spacial score (nSPS) is 16.2. The molecule has 2 amide bonds. The van der Waals surface area contributed by atoms with Crippen molar-refractivity contribution in [3.05, 3.63) is 66.2 Å². The number of benzene rings is 3. The summed E-state index contributed by atoms with van der Waals surface area (Å²) < 4.78 is 10.7. The zero-order valence-corrected chi connectivity index (χ0v) is 16.7. The summed E-state index contributed by atoms with van der Waals surface area (Å²) in [5.74, 6) is 2.24. The molecular weight excluding hydrogens is 372 g/mol. The van der Waals surface area contributed by atoms with Gasteiger partial charge in [-0.25, -0.2) is 4.79 Å². The van der Waals surface area contributed by atoms with Crippen LogP contribution < -0.4 is 14.8 Å². The van der Waals surface area contributed by atoms with Gasteiger partial charge in [0.2, 0.25) is 0 Å². The van der Waals surface area contributed by atoms with Gasteiger partial charge in [0.1, 0.15) is 5.37 Å². The SMILES string of the molecule is COc1ccc(C2SCCN2C(=O)Nc2ccc3ccccc3c2)cc1OC. The van der Waals surface area contributed by atoms with Crippen LogP contribution in [0.3, 0.4) is 0 Å². The maximum atomic E-state index is 13.0. The fourth-order valence-electron chi connectivity index (χ4n) is 3.42. The first-order chi connectivity index (χ1) is 13.7. The Kier molecular flexibility index (Phi) is 5.30. The molecule has 0 saturated carbocycles. The van der Waals surface area contributed by atoms with Crippen molar-refractivity contribution in [2.45, 2.75) is 5.37 Å². The lowest BCUT2D eigenvalue weighted by Gasteiger charge is -2.25. The number of ether oxygens (including phenoxy) is 2. The molecule has 0 spiro atoms. The number of nitrogens with zero attached hydrogens (tertiary/aromatic N) is 1. The molecule has 1 aliphatic heterocycles. The van der Waals surface area contributed by atoms with Gasteiger partial charge in [-0.1, -0.05) is 36.4 Å². The van der Waals surface area contributed by atoms with Gasteiger partial charge >= 0.3 is 6.03 Å². The Balaban J connectivity index is 1.54. The topological polar surface area (TPSA) is 50.8 Å². The van der Waals surface area contributed by atoms with Crippen LogP contribution in [0, 0.1) is 0 Å². The van der Waals surface area contributed by atoms with E-state index in [0.29, 0.717) is 18.0 Å². The Morgan fingerprint density at radius 1 is 1.00 bits per heavy atom. The lowest BCUT2D eigenvalue weighted by molar-refractivity contribution is 0.214. The minimum Gasteiger partial charge on any atom is -0.493 e. The minimum absolute atomic E-state index is 0.0553. The quantitative estimate of drug-likeness (QED) is 0.666. The maximum absolute atomic E-state index is 13.0. The van der Waals surface area contributed by atoms with Gasteiger partial charge in [0.05, 0.1) is 14.2 Å². The van der Waals surface area contributed by atoms with Crippen LogP contribution in [-0.2, 0) is 0 Å². The monoisotopic (exact) mass is 394 g/mol. The molecule has 1 fully saturated rings. The molecular formula is C22H22N2O3S. The number of nitrogens with one attached hydrogen (secondary N) is 1. The summed E-state index contributed by atoms with van der Waals surface area (Å²) in [6.07, 6.45) is 0. The molecule has 1 aliphatic rings. The maximum Gasteiger partial charge on any atom is 0.323 e. The second kappa shape index (κ2) is 8.02. The lowest BCUT2D eigenvalue weighted by atomic mass is 10.1. The highest BCUT2D eigenvalue weighted by atomic mass is 32.2. The van der Waals surface area contributed by atoms with E-state index < -0.39 is 0 Å². The van der Waals surface area contributed by atoms with Crippen molar-refractivity contribution in [2.24, 2.45) is 0 Å². The Labute approximate surface area is 168 Å². The summed E-state index contributed by atoms with van der Waals surface area (Å²) in [5, 5.41) is 5.25. The average Bonchev–Trinajstić information content (AvgIpc) is 3.23. The van der Waals surface area contributed by atoms with Crippen molar-refractivity contribution in [2.75, 3.05) is 31.8 Å². The van der Waals surface area contributed by atoms with Gasteiger partial charge in [0.15, 0.2) is 11.5 Å². The molecule has 1 unspecified atom stereocenters. The standard InChI is InChI=1S/C22H22N2O3S/c1-26-19-10-8-17(14-20(19)27-2)21-24(11-12-28-21)22(25)23-18-9-7-15-5-3-4-6-16(15)13-18/h3-10,13-14,21H,11-12H2,1-2H3,(H,23,25). The molecule has 6 heteroatoms. The van der Waals surface area contributed by atoms with Gasteiger partial charge in [0.25, 0.3) is 0 Å². The third-order valence-corrected chi connectivity index (χ3v) is 6.11. The first-order valence-electron chi connectivity index (χ1n) is 9.09. The second-order valence-electron chi connectivity index (χ2n) is 6.52. The number of anilines is 1. The summed E-state index contributed by atoms with van der Waals surface area (Å²) >= 11 is 1.75. The molecule has 0 aliphatic carbocycles. The molecule has 3 aromatic carbocycles. The molecule has 1 atom stereocenters. The van der Waals surface area contributed by atoms with E-state index in [1.165, 1.54) is 0 Å². The first-order valence-corrected chi connectivity index (χ1v) is 10.1. The molecule has 1 heterocycles. The molecule has 144 valence electrons. The van der Waals surface area contributed by atoms with E-state index in [1.54, 1.807) is 26.0 Å². The molecule has 0 bridgehead atoms. The zero-order chi connectivity index (χ0) is 19.5. The zero-order valence-electron chi connectivity index (χ0n) is 15.8. The highest BCUT2D eigenvalue weighted by molar-refractivity contribution is 7.99. The van der Waals surface area contributed by atoms with Crippen molar-refractivity contribution in [3.63, 3.8) is 0 Å². The Bertz CT molecular complexity index is 1010. The van der Waals surface area contributed by atoms with Gasteiger partial charge in [0, 0.05) is 18.0 Å². The Morgan fingerprint density at radius 3 is 2.57 bits per heavy atom. The smallest absolute Gasteiger partial charge is 0.323 e. The summed E-state index contributed by atoms with van der Waals surface area (Å²) in [6.45, 7) is 0.698.